The molecule has 2 aromatic carbocycles. The molecule has 0 bridgehead atoms. The number of hydrogen-bond acceptors (Lipinski definition) is 10. The van der Waals surface area contributed by atoms with Crippen LogP contribution in [-0.2, 0) is 32.2 Å². The Balaban J connectivity index is 0.000000198. The van der Waals surface area contributed by atoms with E-state index in [9.17, 15) is 28.0 Å². The fourth-order valence-electron chi connectivity index (χ4n) is 5.09. The number of carbonyl (C=O) groups is 2. The molecule has 18 heteroatoms. The largest absolute Gasteiger partial charge is 0.464 e. The van der Waals surface area contributed by atoms with Crippen LogP contribution in [0.15, 0.2) is 58.4 Å². The molecule has 0 fully saturated rings. The normalized spacial score (nSPS) is 11.1. The molecule has 4 heterocycles. The first kappa shape index (κ1) is 36.9. The molecule has 6 rings (SSSR count). The van der Waals surface area contributed by atoms with Gasteiger partial charge in [-0.1, -0.05) is 35.3 Å². The summed E-state index contributed by atoms with van der Waals surface area (Å²) in [6.07, 6.45) is 2.96. The van der Waals surface area contributed by atoms with Gasteiger partial charge in [0.15, 0.2) is 11.4 Å². The maximum atomic E-state index is 13.7. The lowest BCUT2D eigenvalue weighted by Crippen LogP contribution is -2.13. The van der Waals surface area contributed by atoms with Gasteiger partial charge < -0.3 is 28.9 Å². The summed E-state index contributed by atoms with van der Waals surface area (Å²) in [5.74, 6) is -2.57. The maximum Gasteiger partial charge on any atom is 0.359 e. The Bertz CT molecular complexity index is 2410. The van der Waals surface area contributed by atoms with Gasteiger partial charge in [-0.3, -0.25) is 9.59 Å². The number of methoxy groups -OCH3 is 3. The van der Waals surface area contributed by atoms with Crippen LogP contribution in [0.5, 0.6) is 0 Å². The number of hydrogen-bond donors (Lipinski definition) is 2. The van der Waals surface area contributed by atoms with Crippen molar-refractivity contribution in [1.82, 2.24) is 29.2 Å². The van der Waals surface area contributed by atoms with E-state index in [0.29, 0.717) is 33.6 Å². The topological polar surface area (TPSA) is 171 Å². The molecule has 0 atom stereocenters. The average molecular weight is 746 g/mol. The van der Waals surface area contributed by atoms with Crippen LogP contribution in [0.1, 0.15) is 39.0 Å². The van der Waals surface area contributed by atoms with Crippen molar-refractivity contribution in [2.45, 2.75) is 20.1 Å². The zero-order valence-corrected chi connectivity index (χ0v) is 28.8. The highest BCUT2D eigenvalue weighted by molar-refractivity contribution is 6.31. The monoisotopic (exact) mass is 744 g/mol. The summed E-state index contributed by atoms with van der Waals surface area (Å²) in [5.41, 5.74) is 1.38. The van der Waals surface area contributed by atoms with E-state index in [1.807, 2.05) is 0 Å². The molecule has 0 unspecified atom stereocenters. The number of benzene rings is 2. The molecule has 0 aliphatic heterocycles. The first-order valence-corrected chi connectivity index (χ1v) is 15.6. The smallest absolute Gasteiger partial charge is 0.359 e. The van der Waals surface area contributed by atoms with Gasteiger partial charge >= 0.3 is 11.9 Å². The molecule has 2 N–H and O–H groups in total. The lowest BCUT2D eigenvalue weighted by atomic mass is 10.1. The Morgan fingerprint density at radius 3 is 1.55 bits per heavy atom. The van der Waals surface area contributed by atoms with E-state index in [4.69, 9.17) is 37.4 Å². The molecular formula is C33H28Cl2F2N6O8. The molecule has 0 saturated heterocycles. The van der Waals surface area contributed by atoms with Crippen LogP contribution >= 0.6 is 23.2 Å². The van der Waals surface area contributed by atoms with Gasteiger partial charge in [-0.2, -0.15) is 10.2 Å². The third-order valence-corrected chi connectivity index (χ3v) is 7.95. The van der Waals surface area contributed by atoms with Gasteiger partial charge in [0, 0.05) is 36.5 Å². The third kappa shape index (κ3) is 7.53. The van der Waals surface area contributed by atoms with Gasteiger partial charge in [0.05, 0.1) is 60.8 Å². The molecule has 266 valence electrons. The standard InChI is InChI=1S/C17H15ClFN3O4.C16H13ClFN3O4/c1-3-26-17(24)14-10(8-25-2)15-16(23)20-13(7-22(15)21-14)9-4-5-11(18)12(19)6-9;1-24-7-9-13(16(23)25-2)20-21-6-12(19-15(22)14(9)21)8-3-4-10(17)11(18)5-8/h4-7H,3,8H2,1-2H3,(H,20,23);3-6H,7H2,1-2H3,(H,19,22). The first-order chi connectivity index (χ1) is 24.4. The van der Waals surface area contributed by atoms with E-state index >= 15 is 0 Å². The van der Waals surface area contributed by atoms with Crippen molar-refractivity contribution in [3.8, 4) is 22.5 Å². The highest BCUT2D eigenvalue weighted by Gasteiger charge is 2.24. The third-order valence-electron chi connectivity index (χ3n) is 7.33. The predicted octanol–water partition coefficient (Wildman–Crippen LogP) is 5.22. The molecule has 0 radical (unpaired) electrons. The van der Waals surface area contributed by atoms with Crippen molar-refractivity contribution in [3.63, 3.8) is 0 Å². The molecular weight excluding hydrogens is 717 g/mol. The van der Waals surface area contributed by atoms with Crippen LogP contribution in [0, 0.1) is 11.6 Å². The molecule has 0 aliphatic carbocycles. The maximum absolute atomic E-state index is 13.7. The number of aromatic amines is 2. The van der Waals surface area contributed by atoms with Crippen molar-refractivity contribution < 1.29 is 37.3 Å². The number of esters is 2. The van der Waals surface area contributed by atoms with Crippen LogP contribution in [0.2, 0.25) is 10.0 Å². The van der Waals surface area contributed by atoms with Gasteiger partial charge in [-0.05, 0) is 31.2 Å². The zero-order valence-electron chi connectivity index (χ0n) is 27.3. The summed E-state index contributed by atoms with van der Waals surface area (Å²) in [5, 5.41) is 8.22. The number of halogens is 4. The number of aromatic nitrogens is 6. The molecule has 0 aliphatic rings. The molecule has 0 spiro atoms. The number of fused-ring (bicyclic) bond motifs is 2. The van der Waals surface area contributed by atoms with Gasteiger partial charge in [0.1, 0.15) is 22.7 Å². The Kier molecular flexibility index (Phi) is 11.3. The van der Waals surface area contributed by atoms with Crippen LogP contribution in [-0.4, -0.2) is 69.1 Å². The molecule has 14 nitrogen and oxygen atoms in total. The van der Waals surface area contributed by atoms with Gasteiger partial charge in [-0.15, -0.1) is 0 Å². The van der Waals surface area contributed by atoms with E-state index in [-0.39, 0.29) is 52.3 Å². The number of nitrogens with one attached hydrogen (secondary N) is 2. The predicted molar refractivity (Wildman–Crippen MR) is 181 cm³/mol. The van der Waals surface area contributed by atoms with E-state index in [0.717, 1.165) is 0 Å². The summed E-state index contributed by atoms with van der Waals surface area (Å²) >= 11 is 11.4. The fraction of sp³-hybridized carbons (Fsp3) is 0.212. The van der Waals surface area contributed by atoms with E-state index in [1.54, 1.807) is 19.1 Å². The highest BCUT2D eigenvalue weighted by Crippen LogP contribution is 2.25. The van der Waals surface area contributed by atoms with Crippen molar-refractivity contribution in [3.05, 3.63) is 114 Å². The number of carbonyl (C=O) groups excluding carboxylic acids is 2. The number of rotatable bonds is 9. The van der Waals surface area contributed by atoms with Gasteiger partial charge in [0.2, 0.25) is 0 Å². The van der Waals surface area contributed by atoms with Gasteiger partial charge in [0.25, 0.3) is 11.1 Å². The summed E-state index contributed by atoms with van der Waals surface area (Å²) in [6, 6.07) is 8.29. The molecule has 6 aromatic rings. The minimum Gasteiger partial charge on any atom is -0.464 e. The fourth-order valence-corrected chi connectivity index (χ4v) is 5.32. The molecule has 51 heavy (non-hydrogen) atoms. The Morgan fingerprint density at radius 2 is 1.18 bits per heavy atom. The summed E-state index contributed by atoms with van der Waals surface area (Å²) < 4.78 is 49.7. The lowest BCUT2D eigenvalue weighted by molar-refractivity contribution is 0.0513. The van der Waals surface area contributed by atoms with Crippen molar-refractivity contribution in [2.24, 2.45) is 0 Å². The summed E-state index contributed by atoms with van der Waals surface area (Å²) in [7, 11) is 4.09. The number of H-pyrrole nitrogens is 2. The van der Waals surface area contributed by atoms with Crippen molar-refractivity contribution in [1.29, 1.82) is 0 Å². The molecule has 0 amide bonds. The highest BCUT2D eigenvalue weighted by atomic mass is 35.5. The number of nitrogens with zero attached hydrogens (tertiary/aromatic N) is 4. The summed E-state index contributed by atoms with van der Waals surface area (Å²) in [6.45, 7) is 1.86. The Labute approximate surface area is 296 Å². The average Bonchev–Trinajstić information content (AvgIpc) is 3.66. The first-order valence-electron chi connectivity index (χ1n) is 14.8. The minimum atomic E-state index is -0.686. The van der Waals surface area contributed by atoms with Crippen molar-refractivity contribution in [2.75, 3.05) is 27.9 Å². The van der Waals surface area contributed by atoms with E-state index < -0.39 is 34.7 Å². The molecule has 4 aromatic heterocycles. The van der Waals surface area contributed by atoms with E-state index in [1.165, 1.54) is 67.0 Å². The number of ether oxygens (including phenoxy) is 4. The lowest BCUT2D eigenvalue weighted by Gasteiger charge is -2.04. The zero-order chi connectivity index (χ0) is 37.0. The van der Waals surface area contributed by atoms with Crippen LogP contribution in [0.3, 0.4) is 0 Å². The van der Waals surface area contributed by atoms with Crippen LogP contribution in [0.25, 0.3) is 33.5 Å². The SMILES string of the molecule is CCOC(=O)c1nn2cc(-c3ccc(Cl)c(F)c3)[nH]c(=O)c2c1COC.COCc1c(C(=O)OC)nn2cc(-c3ccc(Cl)c(F)c3)[nH]c(=O)c12. The minimum absolute atomic E-state index is 0.00126. The Hall–Kier alpha value is -5.42. The van der Waals surface area contributed by atoms with Gasteiger partial charge in [-0.25, -0.2) is 27.4 Å². The van der Waals surface area contributed by atoms with E-state index in [2.05, 4.69) is 24.9 Å². The quantitative estimate of drug-likeness (QED) is 0.187. The second-order valence-electron chi connectivity index (χ2n) is 10.6. The van der Waals surface area contributed by atoms with Crippen LogP contribution in [0.4, 0.5) is 8.78 Å². The second kappa shape index (κ2) is 15.6. The summed E-state index contributed by atoms with van der Waals surface area (Å²) in [4.78, 5) is 54.4. The van der Waals surface area contributed by atoms with Crippen molar-refractivity contribution >= 4 is 46.2 Å². The Morgan fingerprint density at radius 1 is 0.745 bits per heavy atom. The molecule has 0 saturated carbocycles. The van der Waals surface area contributed by atoms with Crippen LogP contribution < -0.4 is 11.1 Å². The second-order valence-corrected chi connectivity index (χ2v) is 11.4.